The van der Waals surface area contributed by atoms with Gasteiger partial charge in [-0.1, -0.05) is 13.8 Å². The molecule has 0 saturated carbocycles. The van der Waals surface area contributed by atoms with E-state index >= 15 is 0 Å². The molecule has 5 nitrogen and oxygen atoms in total. The van der Waals surface area contributed by atoms with Crippen molar-refractivity contribution in [2.45, 2.75) is 39.3 Å². The molecule has 1 aromatic heterocycles. The molecule has 0 bridgehead atoms. The average molecular weight is 280 g/mol. The van der Waals surface area contributed by atoms with E-state index in [0.717, 1.165) is 31.9 Å². The average Bonchev–Trinajstić information content (AvgIpc) is 3.09. The first-order chi connectivity index (χ1) is 9.56. The molecular formula is C15H24N2O3. The quantitative estimate of drug-likeness (QED) is 0.867. The summed E-state index contributed by atoms with van der Waals surface area (Å²) in [6.07, 6.45) is 1.17. The van der Waals surface area contributed by atoms with Gasteiger partial charge in [0.1, 0.15) is 5.76 Å². The van der Waals surface area contributed by atoms with Gasteiger partial charge in [-0.25, -0.2) is 4.79 Å². The number of rotatable bonds is 6. The lowest BCUT2D eigenvalue weighted by molar-refractivity contribution is 0.0656. The van der Waals surface area contributed by atoms with Crippen LogP contribution in [-0.2, 0) is 0 Å². The summed E-state index contributed by atoms with van der Waals surface area (Å²) in [5.41, 5.74) is 0. The molecule has 20 heavy (non-hydrogen) atoms. The van der Waals surface area contributed by atoms with Crippen molar-refractivity contribution >= 4 is 5.97 Å². The fraction of sp³-hybridized carbons (Fsp3) is 0.667. The van der Waals surface area contributed by atoms with Gasteiger partial charge < -0.3 is 9.52 Å². The van der Waals surface area contributed by atoms with Crippen LogP contribution in [0.3, 0.4) is 0 Å². The van der Waals surface area contributed by atoms with Crippen LogP contribution in [0.1, 0.15) is 49.5 Å². The van der Waals surface area contributed by atoms with Gasteiger partial charge in [0.15, 0.2) is 0 Å². The number of likely N-dealkylation sites (N-methyl/N-ethyl adjacent to an activating group) is 1. The molecule has 0 amide bonds. The van der Waals surface area contributed by atoms with Crippen LogP contribution in [0.15, 0.2) is 16.5 Å². The Kier molecular flexibility index (Phi) is 4.83. The van der Waals surface area contributed by atoms with Crippen LogP contribution in [0.2, 0.25) is 0 Å². The maximum absolute atomic E-state index is 10.9. The lowest BCUT2D eigenvalue weighted by Crippen LogP contribution is -2.37. The SMILES string of the molecule is CCN(CC)C1CCN(C(C)c2ccc(C(=O)O)o2)C1. The molecule has 1 aliphatic rings. The van der Waals surface area contributed by atoms with E-state index in [1.807, 2.05) is 0 Å². The maximum Gasteiger partial charge on any atom is 0.371 e. The molecule has 1 N–H and O–H groups in total. The third kappa shape index (κ3) is 3.04. The Hall–Kier alpha value is -1.33. The van der Waals surface area contributed by atoms with Gasteiger partial charge in [0.2, 0.25) is 5.76 Å². The van der Waals surface area contributed by atoms with Crippen molar-refractivity contribution in [3.05, 3.63) is 23.7 Å². The minimum atomic E-state index is -1.01. The highest BCUT2D eigenvalue weighted by molar-refractivity contribution is 5.84. The lowest BCUT2D eigenvalue weighted by Gasteiger charge is -2.27. The fourth-order valence-corrected chi connectivity index (χ4v) is 3.03. The van der Waals surface area contributed by atoms with E-state index in [4.69, 9.17) is 9.52 Å². The summed E-state index contributed by atoms with van der Waals surface area (Å²) in [7, 11) is 0. The first kappa shape index (κ1) is 15.1. The number of hydrogen-bond acceptors (Lipinski definition) is 4. The number of hydrogen-bond donors (Lipinski definition) is 1. The highest BCUT2D eigenvalue weighted by atomic mass is 16.4. The predicted molar refractivity (Wildman–Crippen MR) is 77.0 cm³/mol. The summed E-state index contributed by atoms with van der Waals surface area (Å²) >= 11 is 0. The second-order valence-corrected chi connectivity index (χ2v) is 5.34. The Morgan fingerprint density at radius 3 is 2.75 bits per heavy atom. The molecule has 2 unspecified atom stereocenters. The minimum absolute atomic E-state index is 0.0198. The Balaban J connectivity index is 1.99. The fourth-order valence-electron chi connectivity index (χ4n) is 3.03. The zero-order chi connectivity index (χ0) is 14.7. The van der Waals surface area contributed by atoms with Crippen LogP contribution in [-0.4, -0.2) is 53.1 Å². The van der Waals surface area contributed by atoms with Gasteiger partial charge in [-0.15, -0.1) is 0 Å². The smallest absolute Gasteiger partial charge is 0.371 e. The van der Waals surface area contributed by atoms with Crippen molar-refractivity contribution < 1.29 is 14.3 Å². The summed E-state index contributed by atoms with van der Waals surface area (Å²) in [6, 6.07) is 4.04. The van der Waals surface area contributed by atoms with Crippen LogP contribution in [0, 0.1) is 0 Å². The molecular weight excluding hydrogens is 256 g/mol. The molecule has 112 valence electrons. The molecule has 2 rings (SSSR count). The van der Waals surface area contributed by atoms with E-state index in [2.05, 4.69) is 30.6 Å². The number of nitrogens with zero attached hydrogens (tertiary/aromatic N) is 2. The second-order valence-electron chi connectivity index (χ2n) is 5.34. The van der Waals surface area contributed by atoms with E-state index in [-0.39, 0.29) is 11.8 Å². The normalized spacial score (nSPS) is 21.5. The zero-order valence-corrected chi connectivity index (χ0v) is 12.5. The Morgan fingerprint density at radius 2 is 2.20 bits per heavy atom. The molecule has 1 fully saturated rings. The van der Waals surface area contributed by atoms with E-state index in [9.17, 15) is 4.79 Å². The third-order valence-corrected chi connectivity index (χ3v) is 4.32. The molecule has 1 aliphatic heterocycles. The van der Waals surface area contributed by atoms with Gasteiger partial charge in [-0.2, -0.15) is 0 Å². The molecule has 2 heterocycles. The Morgan fingerprint density at radius 1 is 1.50 bits per heavy atom. The zero-order valence-electron chi connectivity index (χ0n) is 12.5. The largest absolute Gasteiger partial charge is 0.475 e. The maximum atomic E-state index is 10.9. The molecule has 0 spiro atoms. The molecule has 0 aromatic carbocycles. The highest BCUT2D eigenvalue weighted by Gasteiger charge is 2.30. The summed E-state index contributed by atoms with van der Waals surface area (Å²) in [6.45, 7) is 10.7. The molecule has 1 aromatic rings. The summed E-state index contributed by atoms with van der Waals surface area (Å²) < 4.78 is 5.41. The van der Waals surface area contributed by atoms with Crippen molar-refractivity contribution in [2.75, 3.05) is 26.2 Å². The molecule has 5 heteroatoms. The standard InChI is InChI=1S/C15H24N2O3/c1-4-16(5-2)12-8-9-17(10-12)11(3)13-6-7-14(20-13)15(18)19/h6-7,11-12H,4-5,8-10H2,1-3H3,(H,18,19). The molecule has 1 saturated heterocycles. The van der Waals surface area contributed by atoms with Crippen LogP contribution < -0.4 is 0 Å². The summed E-state index contributed by atoms with van der Waals surface area (Å²) in [4.78, 5) is 15.7. The van der Waals surface area contributed by atoms with E-state index < -0.39 is 5.97 Å². The first-order valence-electron chi connectivity index (χ1n) is 7.37. The first-order valence-corrected chi connectivity index (χ1v) is 7.37. The van der Waals surface area contributed by atoms with Gasteiger partial charge in [0.25, 0.3) is 0 Å². The molecule has 2 atom stereocenters. The van der Waals surface area contributed by atoms with E-state index in [1.54, 1.807) is 6.07 Å². The van der Waals surface area contributed by atoms with Crippen molar-refractivity contribution in [1.29, 1.82) is 0 Å². The molecule has 0 aliphatic carbocycles. The third-order valence-electron chi connectivity index (χ3n) is 4.32. The number of furan rings is 1. The van der Waals surface area contributed by atoms with Crippen LogP contribution in [0.25, 0.3) is 0 Å². The van der Waals surface area contributed by atoms with Crippen LogP contribution in [0.4, 0.5) is 0 Å². The molecule has 0 radical (unpaired) electrons. The monoisotopic (exact) mass is 280 g/mol. The topological polar surface area (TPSA) is 56.9 Å². The van der Waals surface area contributed by atoms with E-state index in [1.165, 1.54) is 12.5 Å². The predicted octanol–water partition coefficient (Wildman–Crippen LogP) is 2.45. The van der Waals surface area contributed by atoms with Gasteiger partial charge in [-0.05, 0) is 38.6 Å². The Labute approximate surface area is 120 Å². The number of carboxylic acid groups (broad SMARTS) is 1. The van der Waals surface area contributed by atoms with Gasteiger partial charge in [0, 0.05) is 19.1 Å². The Bertz CT molecular complexity index is 454. The lowest BCUT2D eigenvalue weighted by atomic mass is 10.2. The highest BCUT2D eigenvalue weighted by Crippen LogP contribution is 2.27. The van der Waals surface area contributed by atoms with Crippen molar-refractivity contribution in [3.8, 4) is 0 Å². The number of likely N-dealkylation sites (tertiary alicyclic amines) is 1. The van der Waals surface area contributed by atoms with E-state index in [0.29, 0.717) is 6.04 Å². The van der Waals surface area contributed by atoms with Crippen molar-refractivity contribution in [1.82, 2.24) is 9.80 Å². The summed E-state index contributed by atoms with van der Waals surface area (Å²) in [5, 5.41) is 8.91. The van der Waals surface area contributed by atoms with Gasteiger partial charge >= 0.3 is 5.97 Å². The van der Waals surface area contributed by atoms with Crippen LogP contribution in [0.5, 0.6) is 0 Å². The number of aromatic carboxylic acids is 1. The van der Waals surface area contributed by atoms with Crippen LogP contribution >= 0.6 is 0 Å². The van der Waals surface area contributed by atoms with Crippen molar-refractivity contribution in [3.63, 3.8) is 0 Å². The summed E-state index contributed by atoms with van der Waals surface area (Å²) in [5.74, 6) is -0.250. The second kappa shape index (κ2) is 6.41. The van der Waals surface area contributed by atoms with Crippen molar-refractivity contribution in [2.24, 2.45) is 0 Å². The number of carbonyl (C=O) groups is 1. The van der Waals surface area contributed by atoms with Gasteiger partial charge in [0.05, 0.1) is 6.04 Å². The minimum Gasteiger partial charge on any atom is -0.475 e. The number of carboxylic acids is 1. The van der Waals surface area contributed by atoms with Gasteiger partial charge in [-0.3, -0.25) is 9.80 Å².